The van der Waals surface area contributed by atoms with E-state index in [4.69, 9.17) is 51.1 Å². The molecular formula is C10H26FeN2Na4O9. The Balaban J connectivity index is -0.0000000114. The van der Waals surface area contributed by atoms with Crippen LogP contribution in [-0.2, 0) is 36.2 Å². The zero-order valence-corrected chi connectivity index (χ0v) is 25.9. The van der Waals surface area contributed by atoms with E-state index in [1.165, 1.54) is 0 Å². The second kappa shape index (κ2) is 71.1. The number of hydrogen-bond donors (Lipinski definition) is 6. The van der Waals surface area contributed by atoms with Crippen LogP contribution < -0.4 is 11.5 Å². The Hall–Kier alpha value is 2.28. The van der Waals surface area contributed by atoms with Crippen molar-refractivity contribution in [3.05, 3.63) is 0 Å². The summed E-state index contributed by atoms with van der Waals surface area (Å²) in [5.74, 6) is -3.33. The number of hydrogen-bond acceptors (Lipinski definition) is 6. The fourth-order valence-electron chi connectivity index (χ4n) is 0. The van der Waals surface area contributed by atoms with Gasteiger partial charge < -0.3 is 37.4 Å². The minimum Gasteiger partial charge on any atom is -0.481 e. The standard InChI is InChI=1S/C2H8N2.4C2H4O2.Fe.4Na.H2O/c3-1-2-4;4*1-2(3)4;;;;;;/h1-4H2;4*1H3,(H,3,4);;;;;;1H2. The van der Waals surface area contributed by atoms with Crippen molar-refractivity contribution in [1.29, 1.82) is 0 Å². The van der Waals surface area contributed by atoms with Gasteiger partial charge in [0.2, 0.25) is 0 Å². The van der Waals surface area contributed by atoms with Crippen molar-refractivity contribution in [2.75, 3.05) is 13.1 Å². The van der Waals surface area contributed by atoms with Crippen LogP contribution in [0.3, 0.4) is 0 Å². The molecule has 0 saturated carbocycles. The molecule has 11 nitrogen and oxygen atoms in total. The molecule has 0 amide bonds. The summed E-state index contributed by atoms with van der Waals surface area (Å²) in [6, 6.07) is 0. The number of carboxylic acids is 4. The summed E-state index contributed by atoms with van der Waals surface area (Å²) in [6.07, 6.45) is 0. The van der Waals surface area contributed by atoms with E-state index in [9.17, 15) is 0 Å². The SMILES string of the molecule is CC(=O)O.CC(=O)O.CC(=O)O.CC(=O)O.NCCN.O.[Fe].[Na].[Na].[Na].[Na]. The fraction of sp³-hybridized carbons (Fsp3) is 0.600. The van der Waals surface area contributed by atoms with Gasteiger partial charge in [-0.3, -0.25) is 19.2 Å². The van der Waals surface area contributed by atoms with Crippen LogP contribution in [0.25, 0.3) is 0 Å². The first-order valence-corrected chi connectivity index (χ1v) is 5.03. The molecule has 26 heavy (non-hydrogen) atoms. The maximum absolute atomic E-state index is 9.00. The molecule has 0 aromatic carbocycles. The molecule has 0 aliphatic heterocycles. The van der Waals surface area contributed by atoms with E-state index in [0.717, 1.165) is 27.7 Å². The van der Waals surface area contributed by atoms with Gasteiger partial charge in [0.05, 0.1) is 0 Å². The quantitative estimate of drug-likeness (QED) is 0.213. The molecule has 142 valence electrons. The molecule has 16 heteroatoms. The van der Waals surface area contributed by atoms with E-state index in [1.54, 1.807) is 0 Å². The van der Waals surface area contributed by atoms with E-state index >= 15 is 0 Å². The summed E-state index contributed by atoms with van der Waals surface area (Å²) in [5.41, 5.74) is 9.81. The largest absolute Gasteiger partial charge is 0.481 e. The predicted octanol–water partition coefficient (Wildman–Crippen LogP) is -3.08. The summed E-state index contributed by atoms with van der Waals surface area (Å²) in [5, 5.41) is 29.7. The van der Waals surface area contributed by atoms with Crippen molar-refractivity contribution in [3.8, 4) is 0 Å². The van der Waals surface area contributed by atoms with Gasteiger partial charge in [-0.05, 0) is 0 Å². The fourth-order valence-corrected chi connectivity index (χ4v) is 0. The van der Waals surface area contributed by atoms with Gasteiger partial charge in [0.25, 0.3) is 23.9 Å². The van der Waals surface area contributed by atoms with Gasteiger partial charge in [0.1, 0.15) is 0 Å². The minimum atomic E-state index is -0.833. The zero-order chi connectivity index (χ0) is 17.7. The average Bonchev–Trinajstić information content (AvgIpc) is 2.13. The molecule has 0 saturated heterocycles. The van der Waals surface area contributed by atoms with Crippen LogP contribution in [-0.4, -0.2) is 181 Å². The number of rotatable bonds is 1. The molecule has 0 aromatic rings. The normalized spacial score (nSPS) is 5.00. The summed E-state index contributed by atoms with van der Waals surface area (Å²) in [7, 11) is 0. The molecule has 0 aliphatic rings. The molecular weight excluding hydrogens is 440 g/mol. The van der Waals surface area contributed by atoms with Gasteiger partial charge in [-0.25, -0.2) is 0 Å². The van der Waals surface area contributed by atoms with Crippen LogP contribution in [0.15, 0.2) is 0 Å². The Morgan fingerprint density at radius 3 is 0.615 bits per heavy atom. The van der Waals surface area contributed by atoms with Crippen molar-refractivity contribution in [2.45, 2.75) is 27.7 Å². The van der Waals surface area contributed by atoms with Gasteiger partial charge in [-0.1, -0.05) is 0 Å². The van der Waals surface area contributed by atoms with Crippen LogP contribution in [0.2, 0.25) is 0 Å². The monoisotopic (exact) mass is 466 g/mol. The van der Waals surface area contributed by atoms with Crippen molar-refractivity contribution >= 4 is 142 Å². The first kappa shape index (κ1) is 70.5. The molecule has 4 radical (unpaired) electrons. The number of carboxylic acid groups (broad SMARTS) is 4. The second-order valence-corrected chi connectivity index (χ2v) is 2.65. The third-order valence-electron chi connectivity index (χ3n) is 0.167. The van der Waals surface area contributed by atoms with Gasteiger partial charge in [0, 0.05) is 176 Å². The Morgan fingerprint density at radius 2 is 0.615 bits per heavy atom. The Bertz CT molecular complexity index is 213. The molecule has 0 atom stereocenters. The number of aliphatic carboxylic acids is 4. The summed E-state index contributed by atoms with van der Waals surface area (Å²) < 4.78 is 0. The van der Waals surface area contributed by atoms with E-state index in [0.29, 0.717) is 13.1 Å². The summed E-state index contributed by atoms with van der Waals surface area (Å²) in [6.45, 7) is 5.53. The van der Waals surface area contributed by atoms with Crippen LogP contribution in [0.1, 0.15) is 27.7 Å². The molecule has 0 bridgehead atoms. The van der Waals surface area contributed by atoms with Crippen LogP contribution >= 0.6 is 0 Å². The second-order valence-electron chi connectivity index (χ2n) is 2.65. The smallest absolute Gasteiger partial charge is 0.300 e. The molecule has 0 rings (SSSR count). The Morgan fingerprint density at radius 1 is 0.577 bits per heavy atom. The van der Waals surface area contributed by atoms with Gasteiger partial charge in [0.15, 0.2) is 0 Å². The maximum atomic E-state index is 9.00. The third kappa shape index (κ3) is 1560. The summed E-state index contributed by atoms with van der Waals surface area (Å²) in [4.78, 5) is 36.0. The molecule has 10 N–H and O–H groups in total. The van der Waals surface area contributed by atoms with E-state index < -0.39 is 23.9 Å². The third-order valence-corrected chi connectivity index (χ3v) is 0.167. The molecule has 0 unspecified atom stereocenters. The average molecular weight is 466 g/mol. The van der Waals surface area contributed by atoms with E-state index in [1.807, 2.05) is 0 Å². The number of carbonyl (C=O) groups is 4. The zero-order valence-electron chi connectivity index (χ0n) is 16.8. The molecule has 0 heterocycles. The Labute approximate surface area is 252 Å². The van der Waals surface area contributed by atoms with Crippen molar-refractivity contribution < 1.29 is 62.1 Å². The molecule has 0 fully saturated rings. The molecule has 0 aliphatic carbocycles. The van der Waals surface area contributed by atoms with Crippen molar-refractivity contribution in [2.24, 2.45) is 11.5 Å². The van der Waals surface area contributed by atoms with Crippen LogP contribution in [0.4, 0.5) is 0 Å². The van der Waals surface area contributed by atoms with Crippen molar-refractivity contribution in [3.63, 3.8) is 0 Å². The van der Waals surface area contributed by atoms with Crippen LogP contribution in [0, 0.1) is 0 Å². The van der Waals surface area contributed by atoms with Gasteiger partial charge in [-0.2, -0.15) is 0 Å². The predicted molar refractivity (Wildman–Crippen MR) is 98.0 cm³/mol. The Kier molecular flexibility index (Phi) is 193. The maximum Gasteiger partial charge on any atom is 0.300 e. The van der Waals surface area contributed by atoms with Gasteiger partial charge in [-0.15, -0.1) is 0 Å². The topological polar surface area (TPSA) is 233 Å². The first-order chi connectivity index (χ1) is 8.84. The number of nitrogens with two attached hydrogens (primary N) is 2. The van der Waals surface area contributed by atoms with Crippen molar-refractivity contribution in [1.82, 2.24) is 0 Å². The summed E-state index contributed by atoms with van der Waals surface area (Å²) >= 11 is 0. The van der Waals surface area contributed by atoms with E-state index in [-0.39, 0.29) is 141 Å². The van der Waals surface area contributed by atoms with Gasteiger partial charge >= 0.3 is 0 Å². The molecule has 0 spiro atoms. The van der Waals surface area contributed by atoms with E-state index in [2.05, 4.69) is 0 Å². The van der Waals surface area contributed by atoms with Crippen LogP contribution in [0.5, 0.6) is 0 Å². The molecule has 0 aromatic heterocycles. The first-order valence-electron chi connectivity index (χ1n) is 5.03. The minimum absolute atomic E-state index is 0.